The predicted octanol–water partition coefficient (Wildman–Crippen LogP) is 4.74. The highest BCUT2D eigenvalue weighted by Gasteiger charge is 2.01. The number of halogens is 1. The minimum Gasteiger partial charge on any atom is -0.355 e. The molecule has 4 heteroatoms. The molecule has 0 aliphatic carbocycles. The Morgan fingerprint density at radius 3 is 2.35 bits per heavy atom. The summed E-state index contributed by atoms with van der Waals surface area (Å²) in [6.45, 7) is 3.83. The summed E-state index contributed by atoms with van der Waals surface area (Å²) in [6, 6.07) is 13.3. The number of amides is 1. The van der Waals surface area contributed by atoms with E-state index in [9.17, 15) is 4.79 Å². The number of carbonyl (C=O) groups is 1. The van der Waals surface area contributed by atoms with Gasteiger partial charge in [0.1, 0.15) is 0 Å². The minimum absolute atomic E-state index is 0.0132. The van der Waals surface area contributed by atoms with E-state index < -0.39 is 0 Å². The normalized spacial score (nSPS) is 10.2. The van der Waals surface area contributed by atoms with Gasteiger partial charge in [0, 0.05) is 28.5 Å². The number of carbonyl (C=O) groups excluding carboxylic acids is 1. The molecule has 0 fully saturated rings. The molecule has 20 heavy (non-hydrogen) atoms. The molecule has 0 aliphatic heterocycles. The van der Waals surface area contributed by atoms with Crippen molar-refractivity contribution in [1.29, 1.82) is 0 Å². The van der Waals surface area contributed by atoms with Crippen molar-refractivity contribution in [2.24, 2.45) is 0 Å². The van der Waals surface area contributed by atoms with E-state index in [4.69, 9.17) is 11.6 Å². The lowest BCUT2D eigenvalue weighted by molar-refractivity contribution is -0.115. The summed E-state index contributed by atoms with van der Waals surface area (Å²) < 4.78 is 0. The topological polar surface area (TPSA) is 41.1 Å². The smallest absolute Gasteiger partial charge is 0.224 e. The van der Waals surface area contributed by atoms with Gasteiger partial charge in [-0.2, -0.15) is 0 Å². The van der Waals surface area contributed by atoms with E-state index >= 15 is 0 Å². The molecule has 0 unspecified atom stereocenters. The van der Waals surface area contributed by atoms with E-state index in [2.05, 4.69) is 10.6 Å². The lowest BCUT2D eigenvalue weighted by Gasteiger charge is -2.11. The number of benzene rings is 2. The Morgan fingerprint density at radius 2 is 1.75 bits per heavy atom. The Morgan fingerprint density at radius 1 is 1.10 bits per heavy atom. The van der Waals surface area contributed by atoms with Crippen molar-refractivity contribution in [3.63, 3.8) is 0 Å². The molecule has 0 bridgehead atoms. The molecular weight excluding hydrogens is 272 g/mol. The van der Waals surface area contributed by atoms with Crippen LogP contribution in [0.4, 0.5) is 17.1 Å². The van der Waals surface area contributed by atoms with Crippen molar-refractivity contribution in [3.05, 3.63) is 53.1 Å². The van der Waals surface area contributed by atoms with E-state index in [1.165, 1.54) is 0 Å². The molecule has 0 spiro atoms. The Kier molecular flexibility index (Phi) is 4.64. The fourth-order valence-corrected chi connectivity index (χ4v) is 2.04. The highest BCUT2D eigenvalue weighted by Crippen LogP contribution is 2.24. The summed E-state index contributed by atoms with van der Waals surface area (Å²) in [6.07, 6.45) is 0.476. The summed E-state index contributed by atoms with van der Waals surface area (Å²) in [4.78, 5) is 11.3. The molecule has 0 aromatic heterocycles. The second kappa shape index (κ2) is 6.44. The van der Waals surface area contributed by atoms with Crippen molar-refractivity contribution in [2.75, 3.05) is 10.6 Å². The molecule has 1 amide bonds. The van der Waals surface area contributed by atoms with Crippen LogP contribution < -0.4 is 10.6 Å². The van der Waals surface area contributed by atoms with E-state index in [1.54, 1.807) is 0 Å². The first kappa shape index (κ1) is 14.4. The van der Waals surface area contributed by atoms with Gasteiger partial charge >= 0.3 is 0 Å². The van der Waals surface area contributed by atoms with Gasteiger partial charge in [-0.3, -0.25) is 4.79 Å². The predicted molar refractivity (Wildman–Crippen MR) is 84.8 cm³/mol. The van der Waals surface area contributed by atoms with Crippen molar-refractivity contribution >= 4 is 34.6 Å². The van der Waals surface area contributed by atoms with Crippen molar-refractivity contribution in [1.82, 2.24) is 0 Å². The average Bonchev–Trinajstić information content (AvgIpc) is 2.44. The summed E-state index contributed by atoms with van der Waals surface area (Å²) in [5.74, 6) is 0.0132. The van der Waals surface area contributed by atoms with E-state index in [-0.39, 0.29) is 5.91 Å². The molecule has 2 aromatic rings. The molecule has 0 atom stereocenters. The van der Waals surface area contributed by atoms with Crippen LogP contribution in [0.1, 0.15) is 18.9 Å². The molecular formula is C16H17ClN2O. The van der Waals surface area contributed by atoms with Gasteiger partial charge in [-0.1, -0.05) is 18.5 Å². The summed E-state index contributed by atoms with van der Waals surface area (Å²) in [7, 11) is 0. The van der Waals surface area contributed by atoms with Crippen molar-refractivity contribution < 1.29 is 4.79 Å². The van der Waals surface area contributed by atoms with Gasteiger partial charge in [-0.15, -0.1) is 0 Å². The van der Waals surface area contributed by atoms with Crippen LogP contribution in [0, 0.1) is 6.92 Å². The number of anilines is 3. The van der Waals surface area contributed by atoms with E-state index in [0.29, 0.717) is 6.42 Å². The Balaban J connectivity index is 2.08. The lowest BCUT2D eigenvalue weighted by atomic mass is 10.2. The summed E-state index contributed by atoms with van der Waals surface area (Å²) in [5, 5.41) is 6.87. The molecule has 3 nitrogen and oxygen atoms in total. The molecule has 2 rings (SSSR count). The van der Waals surface area contributed by atoms with E-state index in [0.717, 1.165) is 27.6 Å². The number of aryl methyl sites for hydroxylation is 1. The highest BCUT2D eigenvalue weighted by atomic mass is 35.5. The molecule has 0 radical (unpaired) electrons. The van der Waals surface area contributed by atoms with E-state index in [1.807, 2.05) is 56.3 Å². The number of nitrogens with one attached hydrogen (secondary N) is 2. The fourth-order valence-electron chi connectivity index (χ4n) is 1.81. The molecule has 2 N–H and O–H groups in total. The monoisotopic (exact) mass is 288 g/mol. The molecule has 0 heterocycles. The van der Waals surface area contributed by atoms with Gasteiger partial charge in [-0.05, 0) is 55.0 Å². The van der Waals surface area contributed by atoms with Crippen molar-refractivity contribution in [3.8, 4) is 0 Å². The van der Waals surface area contributed by atoms with Gasteiger partial charge < -0.3 is 10.6 Å². The third-order valence-electron chi connectivity index (χ3n) is 2.96. The van der Waals surface area contributed by atoms with Crippen molar-refractivity contribution in [2.45, 2.75) is 20.3 Å². The minimum atomic E-state index is 0.0132. The summed E-state index contributed by atoms with van der Waals surface area (Å²) >= 11 is 5.93. The zero-order chi connectivity index (χ0) is 14.5. The first-order chi connectivity index (χ1) is 9.58. The maximum Gasteiger partial charge on any atom is 0.224 e. The maximum absolute atomic E-state index is 11.3. The van der Waals surface area contributed by atoms with Gasteiger partial charge in [-0.25, -0.2) is 0 Å². The van der Waals surface area contributed by atoms with Gasteiger partial charge in [0.25, 0.3) is 0 Å². The fraction of sp³-hybridized carbons (Fsp3) is 0.188. The first-order valence-corrected chi connectivity index (χ1v) is 6.89. The number of hydrogen-bond acceptors (Lipinski definition) is 2. The van der Waals surface area contributed by atoms with Crippen LogP contribution in [0.5, 0.6) is 0 Å². The lowest BCUT2D eigenvalue weighted by Crippen LogP contribution is -2.09. The quantitative estimate of drug-likeness (QED) is 0.853. The van der Waals surface area contributed by atoms with Crippen LogP contribution >= 0.6 is 11.6 Å². The number of rotatable bonds is 4. The van der Waals surface area contributed by atoms with Crippen LogP contribution in [-0.4, -0.2) is 5.91 Å². The first-order valence-electron chi connectivity index (χ1n) is 6.51. The van der Waals surface area contributed by atoms with Crippen LogP contribution in [-0.2, 0) is 4.79 Å². The second-order valence-electron chi connectivity index (χ2n) is 4.56. The summed E-state index contributed by atoms with van der Waals surface area (Å²) in [5.41, 5.74) is 3.86. The van der Waals surface area contributed by atoms with Gasteiger partial charge in [0.2, 0.25) is 5.91 Å². The zero-order valence-electron chi connectivity index (χ0n) is 11.5. The molecule has 0 aliphatic rings. The maximum atomic E-state index is 11.3. The van der Waals surface area contributed by atoms with Crippen LogP contribution in [0.2, 0.25) is 5.02 Å². The largest absolute Gasteiger partial charge is 0.355 e. The van der Waals surface area contributed by atoms with Gasteiger partial charge in [0.15, 0.2) is 0 Å². The van der Waals surface area contributed by atoms with Gasteiger partial charge in [0.05, 0.1) is 0 Å². The number of hydrogen-bond donors (Lipinski definition) is 2. The Hall–Kier alpha value is -2.00. The molecule has 2 aromatic carbocycles. The zero-order valence-corrected chi connectivity index (χ0v) is 12.3. The van der Waals surface area contributed by atoms with Crippen LogP contribution in [0.15, 0.2) is 42.5 Å². The SMILES string of the molecule is CCC(=O)Nc1ccc(Nc2ccc(Cl)cc2C)cc1. The van der Waals surface area contributed by atoms with Crippen LogP contribution in [0.3, 0.4) is 0 Å². The molecule has 104 valence electrons. The third kappa shape index (κ3) is 3.75. The Bertz CT molecular complexity index is 608. The molecule has 0 saturated carbocycles. The standard InChI is InChI=1S/C16H17ClN2O/c1-3-16(20)19-14-7-5-13(6-8-14)18-15-9-4-12(17)10-11(15)2/h4-10,18H,3H2,1-2H3,(H,19,20). The average molecular weight is 289 g/mol. The third-order valence-corrected chi connectivity index (χ3v) is 3.19. The molecule has 0 saturated heterocycles. The second-order valence-corrected chi connectivity index (χ2v) is 5.00. The highest BCUT2D eigenvalue weighted by molar-refractivity contribution is 6.30. The Labute approximate surface area is 124 Å². The van der Waals surface area contributed by atoms with Crippen LogP contribution in [0.25, 0.3) is 0 Å².